The van der Waals surface area contributed by atoms with E-state index < -0.39 is 11.4 Å². The maximum absolute atomic E-state index is 13.7. The van der Waals surface area contributed by atoms with Gasteiger partial charge in [0, 0.05) is 53.7 Å². The van der Waals surface area contributed by atoms with Gasteiger partial charge in [-0.2, -0.15) is 0 Å². The summed E-state index contributed by atoms with van der Waals surface area (Å²) in [6, 6.07) is 22.0. The van der Waals surface area contributed by atoms with Gasteiger partial charge in [0.15, 0.2) is 0 Å². The Kier molecular flexibility index (Phi) is 9.15. The minimum atomic E-state index is -1.03. The second-order valence-electron chi connectivity index (χ2n) is 10.1. The van der Waals surface area contributed by atoms with Gasteiger partial charge in [-0.25, -0.2) is 4.79 Å². The summed E-state index contributed by atoms with van der Waals surface area (Å²) < 4.78 is 0. The normalized spacial score (nSPS) is 17.3. The molecule has 1 fully saturated rings. The highest BCUT2D eigenvalue weighted by Crippen LogP contribution is 2.37. The number of anilines is 1. The third kappa shape index (κ3) is 7.52. The van der Waals surface area contributed by atoms with Gasteiger partial charge in [-0.3, -0.25) is 14.5 Å². The van der Waals surface area contributed by atoms with E-state index in [0.717, 1.165) is 11.1 Å². The Morgan fingerprint density at radius 1 is 0.974 bits per heavy atom. The topological polar surface area (TPSA) is 89.9 Å². The van der Waals surface area contributed by atoms with Crippen LogP contribution in [0, 0.1) is 12.3 Å². The highest BCUT2D eigenvalue weighted by Gasteiger charge is 2.46. The van der Waals surface area contributed by atoms with Crippen LogP contribution in [-0.4, -0.2) is 47.5 Å². The van der Waals surface area contributed by atoms with Crippen molar-refractivity contribution in [3.05, 3.63) is 99.5 Å². The third-order valence-corrected chi connectivity index (χ3v) is 7.47. The number of carboxylic acid groups (broad SMARTS) is 1. The third-order valence-electron chi connectivity index (χ3n) is 6.88. The molecule has 0 radical (unpaired) electrons. The Hall–Kier alpha value is -3.55. The number of aryl methyl sites for hydroxylation is 1. The highest BCUT2D eigenvalue weighted by molar-refractivity contribution is 6.35. The summed E-state index contributed by atoms with van der Waals surface area (Å²) in [7, 11) is 0. The zero-order valence-electron chi connectivity index (χ0n) is 21.7. The van der Waals surface area contributed by atoms with E-state index in [2.05, 4.69) is 5.32 Å². The van der Waals surface area contributed by atoms with E-state index in [4.69, 9.17) is 23.2 Å². The maximum atomic E-state index is 13.7. The second-order valence-corrected chi connectivity index (χ2v) is 11.0. The molecular weight excluding hydrogens is 537 g/mol. The van der Waals surface area contributed by atoms with Gasteiger partial charge in [0.25, 0.3) is 0 Å². The van der Waals surface area contributed by atoms with Crippen molar-refractivity contribution in [1.82, 2.24) is 10.2 Å². The molecule has 0 spiro atoms. The largest absolute Gasteiger partial charge is 0.481 e. The Labute approximate surface area is 238 Å². The first-order valence-electron chi connectivity index (χ1n) is 12.7. The molecule has 2 N–H and O–H groups in total. The van der Waals surface area contributed by atoms with Gasteiger partial charge in [-0.15, -0.1) is 0 Å². The van der Waals surface area contributed by atoms with E-state index >= 15 is 0 Å². The molecule has 1 aliphatic rings. The first-order chi connectivity index (χ1) is 18.6. The van der Waals surface area contributed by atoms with Crippen LogP contribution in [0.4, 0.5) is 10.5 Å². The first kappa shape index (κ1) is 28.5. The van der Waals surface area contributed by atoms with Crippen molar-refractivity contribution in [2.75, 3.05) is 24.5 Å². The van der Waals surface area contributed by atoms with Gasteiger partial charge in [0.2, 0.25) is 5.91 Å². The highest BCUT2D eigenvalue weighted by atomic mass is 35.5. The Bertz CT molecular complexity index is 1330. The molecule has 0 saturated carbocycles. The average molecular weight is 569 g/mol. The maximum Gasteiger partial charge on any atom is 0.324 e. The van der Waals surface area contributed by atoms with Crippen molar-refractivity contribution in [3.63, 3.8) is 0 Å². The number of benzene rings is 3. The van der Waals surface area contributed by atoms with E-state index in [1.54, 1.807) is 28.0 Å². The summed E-state index contributed by atoms with van der Waals surface area (Å²) in [6.07, 6.45) is 0.335. The average Bonchev–Trinajstić information content (AvgIpc) is 2.88. The standard InChI is InChI=1S/C30H31Cl2N3O4/c1-21-7-11-25(12-8-21)35-20-30(17-28(37)38,16-27(36)33-14-13-22-5-3-2-4-6-22)19-34(29(35)39)18-23-9-10-24(31)15-26(23)32/h2-12,15H,13-14,16-20H2,1H3,(H,33,36)(H,37,38). The van der Waals surface area contributed by atoms with E-state index in [1.807, 2.05) is 61.5 Å². The lowest BCUT2D eigenvalue weighted by Gasteiger charge is -2.47. The van der Waals surface area contributed by atoms with Crippen molar-refractivity contribution < 1.29 is 19.5 Å². The van der Waals surface area contributed by atoms with Gasteiger partial charge < -0.3 is 15.3 Å². The van der Waals surface area contributed by atoms with Crippen LogP contribution in [0.15, 0.2) is 72.8 Å². The minimum Gasteiger partial charge on any atom is -0.481 e. The molecule has 204 valence electrons. The molecule has 3 aromatic carbocycles. The number of carbonyl (C=O) groups is 3. The Morgan fingerprint density at radius 2 is 1.69 bits per heavy atom. The van der Waals surface area contributed by atoms with Gasteiger partial charge in [-0.1, -0.05) is 77.3 Å². The lowest BCUT2D eigenvalue weighted by atomic mass is 9.78. The molecule has 3 amide bonds. The van der Waals surface area contributed by atoms with Gasteiger partial charge >= 0.3 is 12.0 Å². The Balaban J connectivity index is 1.61. The molecule has 3 aromatic rings. The Morgan fingerprint density at radius 3 is 2.36 bits per heavy atom. The van der Waals surface area contributed by atoms with Gasteiger partial charge in [0.1, 0.15) is 0 Å². The van der Waals surface area contributed by atoms with Crippen LogP contribution in [0.2, 0.25) is 10.0 Å². The number of halogens is 2. The molecular formula is C30H31Cl2N3O4. The lowest BCUT2D eigenvalue weighted by Crippen LogP contribution is -2.60. The zero-order chi connectivity index (χ0) is 28.0. The molecule has 39 heavy (non-hydrogen) atoms. The minimum absolute atomic E-state index is 0.0470. The SMILES string of the molecule is Cc1ccc(N2CC(CC(=O)O)(CC(=O)NCCc3ccccc3)CN(Cc3ccc(Cl)cc3Cl)C2=O)cc1. The number of hydrogen-bond acceptors (Lipinski definition) is 3. The van der Waals surface area contributed by atoms with Crippen molar-refractivity contribution >= 4 is 46.8 Å². The molecule has 1 saturated heterocycles. The van der Waals surface area contributed by atoms with Crippen LogP contribution in [0.5, 0.6) is 0 Å². The number of hydrogen-bond donors (Lipinski definition) is 2. The summed E-state index contributed by atoms with van der Waals surface area (Å²) in [5, 5.41) is 13.7. The summed E-state index contributed by atoms with van der Waals surface area (Å²) in [5.41, 5.74) is 2.41. The number of carboxylic acids is 1. The molecule has 1 aliphatic heterocycles. The summed E-state index contributed by atoms with van der Waals surface area (Å²) in [6.45, 7) is 2.71. The molecule has 0 aliphatic carbocycles. The van der Waals surface area contributed by atoms with Gasteiger partial charge in [-0.05, 0) is 48.7 Å². The lowest BCUT2D eigenvalue weighted by molar-refractivity contribution is -0.140. The number of nitrogens with zero attached hydrogens (tertiary/aromatic N) is 2. The number of rotatable bonds is 10. The molecule has 9 heteroatoms. The van der Waals surface area contributed by atoms with E-state index in [9.17, 15) is 19.5 Å². The smallest absolute Gasteiger partial charge is 0.324 e. The number of aliphatic carboxylic acids is 1. The summed E-state index contributed by atoms with van der Waals surface area (Å²) in [4.78, 5) is 42.1. The molecule has 0 bridgehead atoms. The van der Waals surface area contributed by atoms with Crippen LogP contribution in [-0.2, 0) is 22.6 Å². The molecule has 4 rings (SSSR count). The number of carbonyl (C=O) groups excluding carboxylic acids is 2. The second kappa shape index (κ2) is 12.5. The fourth-order valence-corrected chi connectivity index (χ4v) is 5.47. The summed E-state index contributed by atoms with van der Waals surface area (Å²) in [5.74, 6) is -1.29. The molecule has 1 heterocycles. The predicted molar refractivity (Wildman–Crippen MR) is 153 cm³/mol. The number of nitrogens with one attached hydrogen (secondary N) is 1. The van der Waals surface area contributed by atoms with Crippen molar-refractivity contribution in [2.45, 2.75) is 32.7 Å². The van der Waals surface area contributed by atoms with Crippen LogP contribution in [0.25, 0.3) is 0 Å². The quantitative estimate of drug-likeness (QED) is 0.316. The fraction of sp³-hybridized carbons (Fsp3) is 0.300. The van der Waals surface area contributed by atoms with E-state index in [0.29, 0.717) is 34.3 Å². The number of urea groups is 1. The van der Waals surface area contributed by atoms with Crippen molar-refractivity contribution in [3.8, 4) is 0 Å². The van der Waals surface area contributed by atoms with Gasteiger partial charge in [0.05, 0.1) is 6.42 Å². The van der Waals surface area contributed by atoms with Crippen LogP contribution >= 0.6 is 23.2 Å². The van der Waals surface area contributed by atoms with Crippen molar-refractivity contribution in [2.24, 2.45) is 5.41 Å². The summed E-state index contributed by atoms with van der Waals surface area (Å²) >= 11 is 12.5. The number of amides is 3. The molecule has 1 unspecified atom stereocenters. The predicted octanol–water partition coefficient (Wildman–Crippen LogP) is 5.95. The monoisotopic (exact) mass is 567 g/mol. The van der Waals surface area contributed by atoms with Crippen LogP contribution in [0.3, 0.4) is 0 Å². The molecule has 1 atom stereocenters. The molecule has 7 nitrogen and oxygen atoms in total. The van der Waals surface area contributed by atoms with Crippen LogP contribution in [0.1, 0.15) is 29.5 Å². The first-order valence-corrected chi connectivity index (χ1v) is 13.5. The van der Waals surface area contributed by atoms with E-state index in [-0.39, 0.29) is 44.4 Å². The fourth-order valence-electron chi connectivity index (χ4n) is 5.00. The molecule has 0 aromatic heterocycles. The van der Waals surface area contributed by atoms with E-state index in [1.165, 1.54) is 0 Å². The van der Waals surface area contributed by atoms with Crippen molar-refractivity contribution in [1.29, 1.82) is 0 Å². The van der Waals surface area contributed by atoms with Crippen LogP contribution < -0.4 is 10.2 Å². The zero-order valence-corrected chi connectivity index (χ0v) is 23.2.